The molecule has 9 rings (SSSR count). The summed E-state index contributed by atoms with van der Waals surface area (Å²) in [4.78, 5) is 38.9. The van der Waals surface area contributed by atoms with Crippen molar-refractivity contribution in [3.05, 3.63) is 191 Å². The summed E-state index contributed by atoms with van der Waals surface area (Å²) < 4.78 is 3.66. The summed E-state index contributed by atoms with van der Waals surface area (Å²) in [6.07, 6.45) is 1.46. The van der Waals surface area contributed by atoms with Crippen molar-refractivity contribution in [1.29, 1.82) is 0 Å². The molecule has 11 nitrogen and oxygen atoms in total. The lowest BCUT2D eigenvalue weighted by Gasteiger charge is -2.08. The first-order valence-electron chi connectivity index (χ1n) is 22.8. The van der Waals surface area contributed by atoms with E-state index in [4.69, 9.17) is 10.2 Å². The number of aliphatic hydroxyl groups is 2. The second-order valence-electron chi connectivity index (χ2n) is 16.8. The van der Waals surface area contributed by atoms with E-state index in [1.165, 1.54) is 33.8 Å². The van der Waals surface area contributed by atoms with Crippen LogP contribution in [0.2, 0.25) is 0 Å². The number of carbonyl (C=O) groups excluding carboxylic acids is 3. The summed E-state index contributed by atoms with van der Waals surface area (Å²) in [6.45, 7) is 7.23. The zero-order valence-electron chi connectivity index (χ0n) is 39.6. The largest absolute Gasteiger partial charge is 0.506 e. The average Bonchev–Trinajstić information content (AvgIpc) is 4.12. The summed E-state index contributed by atoms with van der Waals surface area (Å²) in [6, 6.07) is 39.8. The van der Waals surface area contributed by atoms with Crippen LogP contribution in [-0.2, 0) is 26.1 Å². The standard InChI is InChI=1S/C20H21NO3S.C20H17NO3S.C17H14BrNO2S/c2*1-13-4-6-14(7-5-13)12-21-20(24)16-8-9-18-17(19(16)23)11-15(25-18)3-2-10-22;1-10-2-4-11(5-3-10)9-19-17(21)12-6-7-14-13(16(12)20)8-15(18)22-14/h4-9,11,22-23H,2-3,10,12H2,1H3,(H,21,24);4-9,11,22-23H,10,12H2,1H3,(H,21,24);2-8,20H,9H2,1H3,(H,19,21). The summed E-state index contributed by atoms with van der Waals surface area (Å²) in [5.74, 6) is 4.51. The van der Waals surface area contributed by atoms with Gasteiger partial charge in [-0.15, -0.1) is 34.0 Å². The van der Waals surface area contributed by atoms with Crippen molar-refractivity contribution in [2.75, 3.05) is 13.2 Å². The number of aromatic hydroxyl groups is 3. The van der Waals surface area contributed by atoms with Crippen molar-refractivity contribution in [3.63, 3.8) is 0 Å². The van der Waals surface area contributed by atoms with Crippen LogP contribution in [0.15, 0.2) is 131 Å². The Labute approximate surface area is 437 Å². The van der Waals surface area contributed by atoms with Crippen molar-refractivity contribution < 1.29 is 39.9 Å². The Morgan fingerprint density at radius 1 is 0.514 bits per heavy atom. The number of aryl methyl sites for hydroxylation is 4. The molecule has 0 saturated carbocycles. The maximum absolute atomic E-state index is 12.4. The summed E-state index contributed by atoms with van der Waals surface area (Å²) in [5, 5.41) is 59.4. The zero-order valence-corrected chi connectivity index (χ0v) is 43.7. The number of carbonyl (C=O) groups is 3. The minimum atomic E-state index is -0.325. The molecule has 0 unspecified atom stereocenters. The van der Waals surface area contributed by atoms with Gasteiger partial charge in [-0.1, -0.05) is 101 Å². The Balaban J connectivity index is 0.000000159. The molecule has 0 aliphatic rings. The molecule has 0 spiro atoms. The topological polar surface area (TPSA) is 188 Å². The molecule has 8 N–H and O–H groups in total. The fourth-order valence-corrected chi connectivity index (χ4v) is 11.0. The van der Waals surface area contributed by atoms with Gasteiger partial charge < -0.3 is 41.5 Å². The van der Waals surface area contributed by atoms with Crippen LogP contribution in [0, 0.1) is 32.6 Å². The number of halogens is 1. The first-order valence-corrected chi connectivity index (χ1v) is 26.1. The van der Waals surface area contributed by atoms with Gasteiger partial charge in [0.2, 0.25) is 0 Å². The van der Waals surface area contributed by atoms with E-state index in [1.54, 1.807) is 41.7 Å². The lowest BCUT2D eigenvalue weighted by Crippen LogP contribution is -2.22. The van der Waals surface area contributed by atoms with Gasteiger partial charge in [0.05, 0.1) is 25.4 Å². The second kappa shape index (κ2) is 24.9. The van der Waals surface area contributed by atoms with Gasteiger partial charge in [0.25, 0.3) is 17.7 Å². The van der Waals surface area contributed by atoms with E-state index in [0.29, 0.717) is 47.8 Å². The van der Waals surface area contributed by atoms with Gasteiger partial charge in [0, 0.05) is 61.4 Å². The molecule has 0 fully saturated rings. The van der Waals surface area contributed by atoms with Crippen molar-refractivity contribution in [2.24, 2.45) is 0 Å². The third-order valence-corrected chi connectivity index (χ3v) is 15.1. The van der Waals surface area contributed by atoms with Crippen molar-refractivity contribution in [1.82, 2.24) is 16.0 Å². The van der Waals surface area contributed by atoms with E-state index >= 15 is 0 Å². The maximum atomic E-state index is 12.4. The summed E-state index contributed by atoms with van der Waals surface area (Å²) in [5.41, 5.74) is 7.37. The Kier molecular flexibility index (Phi) is 18.2. The fraction of sp³-hybridized carbons (Fsp3) is 0.175. The molecule has 0 aliphatic carbocycles. The van der Waals surface area contributed by atoms with Crippen LogP contribution >= 0.6 is 49.9 Å². The average molecular weight is 1080 g/mol. The van der Waals surface area contributed by atoms with Gasteiger partial charge in [-0.2, -0.15) is 0 Å². The number of hydrogen-bond donors (Lipinski definition) is 8. The number of aliphatic hydroxyl groups excluding tert-OH is 2. The van der Waals surface area contributed by atoms with E-state index in [2.05, 4.69) is 43.7 Å². The molecular formula is C57H52BrN3O8S3. The predicted molar refractivity (Wildman–Crippen MR) is 295 cm³/mol. The second-order valence-corrected chi connectivity index (χ2v) is 21.5. The number of fused-ring (bicyclic) bond motifs is 3. The summed E-state index contributed by atoms with van der Waals surface area (Å²) in [7, 11) is 0. The Bertz CT molecular complexity index is 3430. The highest BCUT2D eigenvalue weighted by Gasteiger charge is 2.18. The number of amides is 3. The number of rotatable bonds is 12. The van der Waals surface area contributed by atoms with Crippen molar-refractivity contribution in [3.8, 4) is 29.1 Å². The first-order chi connectivity index (χ1) is 34.7. The minimum Gasteiger partial charge on any atom is -0.506 e. The number of phenolic OH excluding ortho intramolecular Hbond substituents is 3. The number of phenols is 3. The van der Waals surface area contributed by atoms with Crippen LogP contribution in [-0.4, -0.2) is 56.5 Å². The van der Waals surface area contributed by atoms with Gasteiger partial charge in [-0.05, 0) is 121 Å². The quantitative estimate of drug-likeness (QED) is 0.0555. The number of thiophene rings is 3. The van der Waals surface area contributed by atoms with E-state index in [9.17, 15) is 29.7 Å². The number of nitrogens with one attached hydrogen (secondary N) is 3. The first kappa shape index (κ1) is 52.8. The summed E-state index contributed by atoms with van der Waals surface area (Å²) >= 11 is 7.91. The minimum absolute atomic E-state index is 0.0189. The molecule has 368 valence electrons. The van der Waals surface area contributed by atoms with Crippen LogP contribution in [0.25, 0.3) is 30.3 Å². The van der Waals surface area contributed by atoms with E-state index in [0.717, 1.165) is 56.3 Å². The van der Waals surface area contributed by atoms with E-state index in [1.807, 2.05) is 118 Å². The molecule has 9 aromatic rings. The highest BCUT2D eigenvalue weighted by molar-refractivity contribution is 9.11. The zero-order chi connectivity index (χ0) is 51.3. The lowest BCUT2D eigenvalue weighted by molar-refractivity contribution is 0.0940. The highest BCUT2D eigenvalue weighted by atomic mass is 79.9. The van der Waals surface area contributed by atoms with Crippen LogP contribution in [0.5, 0.6) is 17.2 Å². The van der Waals surface area contributed by atoms with Gasteiger partial charge >= 0.3 is 0 Å². The molecule has 3 amide bonds. The molecule has 3 aromatic heterocycles. The van der Waals surface area contributed by atoms with E-state index in [-0.39, 0.29) is 59.3 Å². The van der Waals surface area contributed by atoms with Crippen molar-refractivity contribution in [2.45, 2.75) is 53.2 Å². The van der Waals surface area contributed by atoms with Gasteiger partial charge in [-0.3, -0.25) is 14.4 Å². The Morgan fingerprint density at radius 2 is 0.903 bits per heavy atom. The van der Waals surface area contributed by atoms with Gasteiger partial charge in [0.1, 0.15) is 23.9 Å². The Morgan fingerprint density at radius 3 is 1.32 bits per heavy atom. The molecule has 0 bridgehead atoms. The molecule has 3 heterocycles. The fourth-order valence-electron chi connectivity index (χ4n) is 7.38. The predicted octanol–water partition coefficient (Wildman–Crippen LogP) is 11.6. The normalized spacial score (nSPS) is 10.7. The van der Waals surface area contributed by atoms with Crippen LogP contribution in [0.4, 0.5) is 0 Å². The third-order valence-electron chi connectivity index (χ3n) is 11.4. The number of hydrogen-bond acceptors (Lipinski definition) is 11. The van der Waals surface area contributed by atoms with Gasteiger partial charge in [-0.25, -0.2) is 0 Å². The molecule has 0 atom stereocenters. The molecule has 0 radical (unpaired) electrons. The van der Waals surface area contributed by atoms with Gasteiger partial charge in [0.15, 0.2) is 0 Å². The molecule has 0 aliphatic heterocycles. The molecule has 0 saturated heterocycles. The Hall–Kier alpha value is -7.03. The molecular weight excluding hydrogens is 1030 g/mol. The molecule has 72 heavy (non-hydrogen) atoms. The highest BCUT2D eigenvalue weighted by Crippen LogP contribution is 2.38. The lowest BCUT2D eigenvalue weighted by atomic mass is 10.1. The van der Waals surface area contributed by atoms with Crippen molar-refractivity contribution >= 4 is 97.9 Å². The monoisotopic (exact) mass is 1080 g/mol. The smallest absolute Gasteiger partial charge is 0.255 e. The number of benzene rings is 6. The third kappa shape index (κ3) is 13.7. The van der Waals surface area contributed by atoms with E-state index < -0.39 is 0 Å². The van der Waals surface area contributed by atoms with Crippen LogP contribution < -0.4 is 16.0 Å². The maximum Gasteiger partial charge on any atom is 0.255 e. The van der Waals surface area contributed by atoms with Crippen LogP contribution in [0.1, 0.15) is 80.6 Å². The SMILES string of the molecule is Cc1ccc(CNC(=O)c2ccc3sc(Br)cc3c2O)cc1.Cc1ccc(CNC(=O)c2ccc3sc(C#CCO)cc3c2O)cc1.Cc1ccc(CNC(=O)c2ccc3sc(CCCO)cc3c2O)cc1. The molecule has 6 aromatic carbocycles. The van der Waals surface area contributed by atoms with Crippen LogP contribution in [0.3, 0.4) is 0 Å². The molecule has 15 heteroatoms.